The first-order chi connectivity index (χ1) is 7.35. The summed E-state index contributed by atoms with van der Waals surface area (Å²) >= 11 is 0. The van der Waals surface area contributed by atoms with E-state index >= 15 is 0 Å². The molecular weight excluding hydrogens is 186 g/mol. The van der Waals surface area contributed by atoms with Crippen LogP contribution in [0.25, 0.3) is 11.3 Å². The second-order valence-corrected chi connectivity index (χ2v) is 3.32. The molecule has 0 atom stereocenters. The molecule has 1 heterocycles. The van der Waals surface area contributed by atoms with Crippen LogP contribution < -0.4 is 0 Å². The van der Waals surface area contributed by atoms with Crippen molar-refractivity contribution in [3.05, 3.63) is 41.6 Å². The lowest BCUT2D eigenvalue weighted by Crippen LogP contribution is -1.84. The van der Waals surface area contributed by atoms with Crippen LogP contribution >= 0.6 is 0 Å². The summed E-state index contributed by atoms with van der Waals surface area (Å²) in [5.74, 6) is 0. The van der Waals surface area contributed by atoms with Crippen molar-refractivity contribution in [1.82, 2.24) is 10.2 Å². The van der Waals surface area contributed by atoms with Crippen LogP contribution in [0.4, 0.5) is 0 Å². The molecule has 0 bridgehead atoms. The van der Waals surface area contributed by atoms with Crippen LogP contribution in [0.5, 0.6) is 0 Å². The van der Waals surface area contributed by atoms with Crippen molar-refractivity contribution in [1.29, 1.82) is 5.26 Å². The molecule has 2 aromatic rings. The molecule has 3 heteroatoms. The second-order valence-electron chi connectivity index (χ2n) is 3.32. The normalized spacial score (nSPS) is 9.87. The monoisotopic (exact) mass is 197 g/mol. The molecule has 1 aromatic heterocycles. The molecule has 1 N–H and O–H groups in total. The van der Waals surface area contributed by atoms with Crippen molar-refractivity contribution >= 4 is 0 Å². The Labute approximate surface area is 88.4 Å². The van der Waals surface area contributed by atoms with Gasteiger partial charge in [0.1, 0.15) is 6.07 Å². The van der Waals surface area contributed by atoms with Crippen LogP contribution in [0, 0.1) is 11.3 Å². The van der Waals surface area contributed by atoms with Crippen molar-refractivity contribution in [2.24, 2.45) is 0 Å². The van der Waals surface area contributed by atoms with Gasteiger partial charge in [-0.05, 0) is 12.0 Å². The van der Waals surface area contributed by atoms with E-state index in [-0.39, 0.29) is 0 Å². The maximum Gasteiger partial charge on any atom is 0.103 e. The van der Waals surface area contributed by atoms with E-state index in [4.69, 9.17) is 5.26 Å². The average molecular weight is 197 g/mol. The SMILES string of the molecule is CCc1ccc(-c2[nH]ncc2C#N)cc1. The minimum Gasteiger partial charge on any atom is -0.276 e. The summed E-state index contributed by atoms with van der Waals surface area (Å²) in [6.07, 6.45) is 2.57. The fourth-order valence-corrected chi connectivity index (χ4v) is 1.50. The number of aryl methyl sites for hydroxylation is 1. The number of nitrogens with one attached hydrogen (secondary N) is 1. The number of benzene rings is 1. The molecule has 0 fully saturated rings. The van der Waals surface area contributed by atoms with E-state index in [1.807, 2.05) is 12.1 Å². The molecule has 0 aliphatic rings. The molecule has 2 rings (SSSR count). The van der Waals surface area contributed by atoms with Crippen molar-refractivity contribution in [3.8, 4) is 17.3 Å². The summed E-state index contributed by atoms with van der Waals surface area (Å²) in [6, 6.07) is 10.3. The van der Waals surface area contributed by atoms with Crippen LogP contribution in [0.15, 0.2) is 30.5 Å². The Balaban J connectivity index is 2.42. The Morgan fingerprint density at radius 1 is 1.33 bits per heavy atom. The maximum absolute atomic E-state index is 8.86. The fourth-order valence-electron chi connectivity index (χ4n) is 1.50. The first-order valence-electron chi connectivity index (χ1n) is 4.88. The van der Waals surface area contributed by atoms with Gasteiger partial charge >= 0.3 is 0 Å². The quantitative estimate of drug-likeness (QED) is 0.804. The minimum absolute atomic E-state index is 0.583. The summed E-state index contributed by atoms with van der Waals surface area (Å²) in [7, 11) is 0. The molecule has 0 radical (unpaired) electrons. The van der Waals surface area contributed by atoms with E-state index in [1.54, 1.807) is 6.20 Å². The molecule has 0 saturated heterocycles. The number of H-pyrrole nitrogens is 1. The van der Waals surface area contributed by atoms with Gasteiger partial charge in [0.2, 0.25) is 0 Å². The van der Waals surface area contributed by atoms with Gasteiger partial charge in [-0.25, -0.2) is 0 Å². The third-order valence-electron chi connectivity index (χ3n) is 2.41. The predicted molar refractivity (Wildman–Crippen MR) is 58.1 cm³/mol. The Morgan fingerprint density at radius 3 is 2.67 bits per heavy atom. The van der Waals surface area contributed by atoms with E-state index in [1.165, 1.54) is 5.56 Å². The lowest BCUT2D eigenvalue weighted by molar-refractivity contribution is 1.09. The van der Waals surface area contributed by atoms with E-state index in [0.29, 0.717) is 5.56 Å². The number of aromatic nitrogens is 2. The Morgan fingerprint density at radius 2 is 2.07 bits per heavy atom. The number of nitrogens with zero attached hydrogens (tertiary/aromatic N) is 2. The summed E-state index contributed by atoms with van der Waals surface area (Å²) in [5, 5.41) is 15.6. The second kappa shape index (κ2) is 3.97. The van der Waals surface area contributed by atoms with E-state index in [9.17, 15) is 0 Å². The highest BCUT2D eigenvalue weighted by molar-refractivity contribution is 5.65. The number of hydrogen-bond donors (Lipinski definition) is 1. The van der Waals surface area contributed by atoms with Gasteiger partial charge < -0.3 is 0 Å². The van der Waals surface area contributed by atoms with Crippen LogP contribution in [0.3, 0.4) is 0 Å². The molecule has 0 spiro atoms. The van der Waals surface area contributed by atoms with E-state index in [2.05, 4.69) is 35.3 Å². The van der Waals surface area contributed by atoms with Gasteiger partial charge in [-0.15, -0.1) is 0 Å². The Kier molecular flexibility index (Phi) is 2.51. The Hall–Kier alpha value is -2.08. The summed E-state index contributed by atoms with van der Waals surface area (Å²) in [6.45, 7) is 2.12. The summed E-state index contributed by atoms with van der Waals surface area (Å²) < 4.78 is 0. The summed E-state index contributed by atoms with van der Waals surface area (Å²) in [4.78, 5) is 0. The van der Waals surface area contributed by atoms with Crippen LogP contribution in [-0.4, -0.2) is 10.2 Å². The third-order valence-corrected chi connectivity index (χ3v) is 2.41. The summed E-state index contributed by atoms with van der Waals surface area (Å²) in [5.41, 5.74) is 3.66. The standard InChI is InChI=1S/C12H11N3/c1-2-9-3-5-10(6-4-9)12-11(7-13)8-14-15-12/h3-6,8H,2H2,1H3,(H,14,15). The lowest BCUT2D eigenvalue weighted by Gasteiger charge is -2.00. The number of nitriles is 1. The van der Waals surface area contributed by atoms with Crippen molar-refractivity contribution < 1.29 is 0 Å². The largest absolute Gasteiger partial charge is 0.276 e. The Bertz CT molecular complexity index is 488. The molecule has 0 unspecified atom stereocenters. The lowest BCUT2D eigenvalue weighted by atomic mass is 10.1. The zero-order valence-corrected chi connectivity index (χ0v) is 8.49. The fraction of sp³-hybridized carbons (Fsp3) is 0.167. The topological polar surface area (TPSA) is 52.5 Å². The molecular formula is C12H11N3. The highest BCUT2D eigenvalue weighted by atomic mass is 15.1. The van der Waals surface area contributed by atoms with Gasteiger partial charge in [0.05, 0.1) is 17.5 Å². The molecule has 0 aliphatic carbocycles. The van der Waals surface area contributed by atoms with Gasteiger partial charge in [0, 0.05) is 5.56 Å². The van der Waals surface area contributed by atoms with Crippen LogP contribution in [0.1, 0.15) is 18.1 Å². The van der Waals surface area contributed by atoms with E-state index < -0.39 is 0 Å². The van der Waals surface area contributed by atoms with Crippen molar-refractivity contribution in [2.45, 2.75) is 13.3 Å². The van der Waals surface area contributed by atoms with Crippen LogP contribution in [-0.2, 0) is 6.42 Å². The molecule has 0 aliphatic heterocycles. The van der Waals surface area contributed by atoms with Crippen molar-refractivity contribution in [3.63, 3.8) is 0 Å². The van der Waals surface area contributed by atoms with Gasteiger partial charge in [-0.3, -0.25) is 5.10 Å². The van der Waals surface area contributed by atoms with E-state index in [0.717, 1.165) is 17.7 Å². The van der Waals surface area contributed by atoms with Crippen molar-refractivity contribution in [2.75, 3.05) is 0 Å². The minimum atomic E-state index is 0.583. The van der Waals surface area contributed by atoms with Gasteiger partial charge in [0.15, 0.2) is 0 Å². The first kappa shape index (κ1) is 9.47. The molecule has 74 valence electrons. The highest BCUT2D eigenvalue weighted by Crippen LogP contribution is 2.20. The molecule has 15 heavy (non-hydrogen) atoms. The third kappa shape index (κ3) is 1.75. The van der Waals surface area contributed by atoms with Gasteiger partial charge in [-0.2, -0.15) is 10.4 Å². The first-order valence-corrected chi connectivity index (χ1v) is 4.88. The smallest absolute Gasteiger partial charge is 0.103 e. The van der Waals surface area contributed by atoms with Gasteiger partial charge in [0.25, 0.3) is 0 Å². The maximum atomic E-state index is 8.86. The molecule has 1 aromatic carbocycles. The zero-order chi connectivity index (χ0) is 10.7. The average Bonchev–Trinajstić information content (AvgIpc) is 2.77. The number of rotatable bonds is 2. The molecule has 0 amide bonds. The predicted octanol–water partition coefficient (Wildman–Crippen LogP) is 2.51. The molecule has 3 nitrogen and oxygen atoms in total. The molecule has 0 saturated carbocycles. The number of aromatic amines is 1. The van der Waals surface area contributed by atoms with Crippen LogP contribution in [0.2, 0.25) is 0 Å². The number of hydrogen-bond acceptors (Lipinski definition) is 2. The zero-order valence-electron chi connectivity index (χ0n) is 8.49. The highest BCUT2D eigenvalue weighted by Gasteiger charge is 2.06. The van der Waals surface area contributed by atoms with Gasteiger partial charge in [-0.1, -0.05) is 31.2 Å².